The summed E-state index contributed by atoms with van der Waals surface area (Å²) in [6.45, 7) is 11.6. The molecular formula is C26H35FN2O4. The van der Waals surface area contributed by atoms with E-state index < -0.39 is 35.9 Å². The van der Waals surface area contributed by atoms with Crippen LogP contribution in [0.15, 0.2) is 24.3 Å². The number of carboxylic acids is 1. The van der Waals surface area contributed by atoms with Crippen molar-refractivity contribution in [2.24, 2.45) is 0 Å². The maximum absolute atomic E-state index is 15.2. The first kappa shape index (κ1) is 26.3. The Morgan fingerprint density at radius 3 is 2.12 bits per heavy atom. The Kier molecular flexibility index (Phi) is 8.25. The molecule has 2 aromatic carbocycles. The zero-order chi connectivity index (χ0) is 25.1. The fraction of sp³-hybridized carbons (Fsp3) is 0.462. The van der Waals surface area contributed by atoms with Crippen molar-refractivity contribution in [1.82, 2.24) is 10.2 Å². The van der Waals surface area contributed by atoms with E-state index in [1.54, 1.807) is 39.8 Å². The van der Waals surface area contributed by atoms with E-state index in [4.69, 9.17) is 4.74 Å². The Morgan fingerprint density at radius 2 is 1.64 bits per heavy atom. The molecule has 7 heteroatoms. The predicted molar refractivity (Wildman–Crippen MR) is 128 cm³/mol. The number of nitrogens with one attached hydrogen (secondary N) is 1. The van der Waals surface area contributed by atoms with Gasteiger partial charge in [-0.15, -0.1) is 0 Å². The van der Waals surface area contributed by atoms with Crippen LogP contribution in [-0.2, 0) is 16.1 Å². The Hall–Kier alpha value is -2.93. The molecule has 2 rings (SSSR count). The third-order valence-corrected chi connectivity index (χ3v) is 5.11. The summed E-state index contributed by atoms with van der Waals surface area (Å²) in [4.78, 5) is 26.0. The van der Waals surface area contributed by atoms with Crippen LogP contribution in [0.4, 0.5) is 9.18 Å². The summed E-state index contributed by atoms with van der Waals surface area (Å²) in [5, 5.41) is 11.9. The first-order valence-electron chi connectivity index (χ1n) is 10.9. The van der Waals surface area contributed by atoms with Gasteiger partial charge in [0.2, 0.25) is 0 Å². The average Bonchev–Trinajstić information content (AvgIpc) is 2.60. The lowest BCUT2D eigenvalue weighted by atomic mass is 9.89. The van der Waals surface area contributed by atoms with Crippen LogP contribution in [0.1, 0.15) is 61.1 Å². The van der Waals surface area contributed by atoms with Crippen molar-refractivity contribution in [3.8, 4) is 11.1 Å². The number of nitrogens with zero attached hydrogens (tertiary/aromatic N) is 1. The molecule has 33 heavy (non-hydrogen) atoms. The molecule has 0 unspecified atom stereocenters. The molecule has 0 bridgehead atoms. The van der Waals surface area contributed by atoms with Gasteiger partial charge in [0.25, 0.3) is 0 Å². The van der Waals surface area contributed by atoms with Crippen LogP contribution in [0.2, 0.25) is 0 Å². The number of amides is 1. The van der Waals surface area contributed by atoms with Crippen molar-refractivity contribution in [3.05, 3.63) is 57.9 Å². The number of hydrogen-bond acceptors (Lipinski definition) is 4. The smallest absolute Gasteiger partial charge is 0.408 e. The molecule has 0 saturated carbocycles. The topological polar surface area (TPSA) is 78.9 Å². The fourth-order valence-electron chi connectivity index (χ4n) is 4.02. The number of benzene rings is 2. The van der Waals surface area contributed by atoms with Gasteiger partial charge in [-0.05, 0) is 101 Å². The molecule has 2 aromatic rings. The van der Waals surface area contributed by atoms with Gasteiger partial charge in [-0.1, -0.05) is 12.1 Å². The van der Waals surface area contributed by atoms with Gasteiger partial charge in [-0.2, -0.15) is 0 Å². The number of carbonyl (C=O) groups is 2. The second-order valence-corrected chi connectivity index (χ2v) is 9.84. The molecule has 1 atom stereocenters. The Bertz CT molecular complexity index is 1020. The van der Waals surface area contributed by atoms with E-state index in [1.807, 2.05) is 27.9 Å². The van der Waals surface area contributed by atoms with E-state index in [2.05, 4.69) is 22.3 Å². The molecule has 0 radical (unpaired) electrons. The van der Waals surface area contributed by atoms with Gasteiger partial charge in [0.15, 0.2) is 0 Å². The van der Waals surface area contributed by atoms with Gasteiger partial charge < -0.3 is 20.1 Å². The largest absolute Gasteiger partial charge is 0.481 e. The summed E-state index contributed by atoms with van der Waals surface area (Å²) in [5.41, 5.74) is 4.72. The summed E-state index contributed by atoms with van der Waals surface area (Å²) in [7, 11) is 4.02. The van der Waals surface area contributed by atoms with Gasteiger partial charge >= 0.3 is 12.1 Å². The molecule has 6 nitrogen and oxygen atoms in total. The lowest BCUT2D eigenvalue weighted by Gasteiger charge is -2.24. The number of carboxylic acid groups (broad SMARTS) is 1. The highest BCUT2D eigenvalue weighted by molar-refractivity contribution is 5.75. The van der Waals surface area contributed by atoms with E-state index in [0.29, 0.717) is 5.56 Å². The average molecular weight is 459 g/mol. The van der Waals surface area contributed by atoms with Crippen LogP contribution < -0.4 is 5.32 Å². The first-order chi connectivity index (χ1) is 15.2. The van der Waals surface area contributed by atoms with E-state index in [9.17, 15) is 14.7 Å². The molecule has 0 aliphatic heterocycles. The second kappa shape index (κ2) is 10.3. The van der Waals surface area contributed by atoms with Gasteiger partial charge in [-0.25, -0.2) is 9.18 Å². The van der Waals surface area contributed by atoms with Gasteiger partial charge in [0, 0.05) is 12.1 Å². The number of aliphatic carboxylic acids is 1. The SMILES string of the molecule is Cc1cc(-c2c(C)cc(CN(C)C)cc2C)cc([C@H](CC(=O)O)NC(=O)OC(C)(C)C)c1F. The summed E-state index contributed by atoms with van der Waals surface area (Å²) in [6.07, 6.45) is -1.27. The lowest BCUT2D eigenvalue weighted by Crippen LogP contribution is -2.36. The number of alkyl carbamates (subject to hydrolysis) is 1. The summed E-state index contributed by atoms with van der Waals surface area (Å²) in [6, 6.07) is 6.52. The summed E-state index contributed by atoms with van der Waals surface area (Å²) >= 11 is 0. The summed E-state index contributed by atoms with van der Waals surface area (Å²) < 4.78 is 20.5. The molecular weight excluding hydrogens is 423 g/mol. The zero-order valence-corrected chi connectivity index (χ0v) is 20.8. The number of aryl methyl sites for hydroxylation is 3. The summed E-state index contributed by atoms with van der Waals surface area (Å²) in [5.74, 6) is -1.69. The van der Waals surface area contributed by atoms with Crippen LogP contribution >= 0.6 is 0 Å². The number of hydrogen-bond donors (Lipinski definition) is 2. The van der Waals surface area contributed by atoms with E-state index in [0.717, 1.165) is 28.8 Å². The van der Waals surface area contributed by atoms with Crippen LogP contribution in [-0.4, -0.2) is 41.8 Å². The molecule has 0 spiro atoms. The van der Waals surface area contributed by atoms with E-state index >= 15 is 4.39 Å². The second-order valence-electron chi connectivity index (χ2n) is 9.84. The highest BCUT2D eigenvalue weighted by atomic mass is 19.1. The normalized spacial score (nSPS) is 12.5. The monoisotopic (exact) mass is 458 g/mol. The van der Waals surface area contributed by atoms with Crippen LogP contribution in [0.25, 0.3) is 11.1 Å². The molecule has 1 amide bonds. The van der Waals surface area contributed by atoms with Crippen molar-refractivity contribution in [1.29, 1.82) is 0 Å². The molecule has 0 aromatic heterocycles. The number of carbonyl (C=O) groups excluding carboxylic acids is 1. The highest BCUT2D eigenvalue weighted by Crippen LogP contribution is 2.34. The highest BCUT2D eigenvalue weighted by Gasteiger charge is 2.26. The lowest BCUT2D eigenvalue weighted by molar-refractivity contribution is -0.137. The predicted octanol–water partition coefficient (Wildman–Crippen LogP) is 5.52. The van der Waals surface area contributed by atoms with Crippen molar-refractivity contribution in [2.75, 3.05) is 14.1 Å². The molecule has 0 aliphatic rings. The molecule has 2 N–H and O–H groups in total. The van der Waals surface area contributed by atoms with Gasteiger partial charge in [0.05, 0.1) is 12.5 Å². The number of halogens is 1. The van der Waals surface area contributed by atoms with E-state index in [-0.39, 0.29) is 5.56 Å². The molecule has 0 saturated heterocycles. The van der Waals surface area contributed by atoms with Crippen molar-refractivity contribution in [2.45, 2.75) is 66.2 Å². The third kappa shape index (κ3) is 7.29. The molecule has 0 fully saturated rings. The first-order valence-corrected chi connectivity index (χ1v) is 10.9. The van der Waals surface area contributed by atoms with Crippen LogP contribution in [0, 0.1) is 26.6 Å². The minimum absolute atomic E-state index is 0.120. The Morgan fingerprint density at radius 1 is 1.06 bits per heavy atom. The van der Waals surface area contributed by atoms with Crippen LogP contribution in [0.5, 0.6) is 0 Å². The van der Waals surface area contributed by atoms with Gasteiger partial charge in [-0.3, -0.25) is 4.79 Å². The van der Waals surface area contributed by atoms with Crippen molar-refractivity contribution < 1.29 is 23.8 Å². The quantitative estimate of drug-likeness (QED) is 0.571. The maximum Gasteiger partial charge on any atom is 0.408 e. The molecule has 0 aliphatic carbocycles. The maximum atomic E-state index is 15.2. The number of rotatable bonds is 7. The minimum Gasteiger partial charge on any atom is -0.481 e. The zero-order valence-electron chi connectivity index (χ0n) is 20.8. The molecule has 180 valence electrons. The van der Waals surface area contributed by atoms with Crippen LogP contribution in [0.3, 0.4) is 0 Å². The Balaban J connectivity index is 2.56. The third-order valence-electron chi connectivity index (χ3n) is 5.11. The molecule has 0 heterocycles. The minimum atomic E-state index is -1.15. The van der Waals surface area contributed by atoms with Gasteiger partial charge in [0.1, 0.15) is 11.4 Å². The van der Waals surface area contributed by atoms with E-state index in [1.165, 1.54) is 5.56 Å². The fourth-order valence-corrected chi connectivity index (χ4v) is 4.02. The van der Waals surface area contributed by atoms with Crippen molar-refractivity contribution >= 4 is 12.1 Å². The van der Waals surface area contributed by atoms with Crippen molar-refractivity contribution in [3.63, 3.8) is 0 Å². The standard InChI is InChI=1S/C26H35FN2O4/c1-15-9-18(14-29(7)8)10-16(2)23(15)19-11-17(3)24(27)20(12-19)21(13-22(30)31)28-25(32)33-26(4,5)6/h9-12,21H,13-14H2,1-8H3,(H,28,32)(H,30,31)/t21-/m0/s1. The number of ether oxygens (including phenoxy) is 1. The Labute approximate surface area is 195 Å².